The third kappa shape index (κ3) is 3.01. The Morgan fingerprint density at radius 3 is 3.09 bits per heavy atom. The SMILES string of the molecule is Cc1nc(-c2cccc(C(=O)N3CCCC(CO)C3)c2)no1. The van der Waals surface area contributed by atoms with Crippen molar-refractivity contribution < 1.29 is 14.4 Å². The normalized spacial score (nSPS) is 18.5. The first-order valence-electron chi connectivity index (χ1n) is 7.48. The maximum Gasteiger partial charge on any atom is 0.253 e. The number of aliphatic hydroxyl groups excluding tert-OH is 1. The van der Waals surface area contributed by atoms with E-state index < -0.39 is 0 Å². The number of likely N-dealkylation sites (tertiary alicyclic amines) is 1. The van der Waals surface area contributed by atoms with Crippen molar-refractivity contribution in [1.29, 1.82) is 0 Å². The predicted molar refractivity (Wildman–Crippen MR) is 80.2 cm³/mol. The summed E-state index contributed by atoms with van der Waals surface area (Å²) in [4.78, 5) is 18.6. The average Bonchev–Trinajstić information content (AvgIpc) is 3.01. The monoisotopic (exact) mass is 301 g/mol. The number of aliphatic hydroxyl groups is 1. The minimum absolute atomic E-state index is 0.0137. The van der Waals surface area contributed by atoms with Gasteiger partial charge in [0.25, 0.3) is 5.91 Å². The zero-order valence-electron chi connectivity index (χ0n) is 12.5. The first-order chi connectivity index (χ1) is 10.7. The van der Waals surface area contributed by atoms with Gasteiger partial charge in [0.05, 0.1) is 0 Å². The van der Waals surface area contributed by atoms with Crippen LogP contribution in [0.3, 0.4) is 0 Å². The maximum absolute atomic E-state index is 12.6. The standard InChI is InChI=1S/C16H19N3O3/c1-11-17-15(18-22-11)13-5-2-6-14(8-13)16(21)19-7-3-4-12(9-19)10-20/h2,5-6,8,12,20H,3-4,7,9-10H2,1H3. The van der Waals surface area contributed by atoms with E-state index in [4.69, 9.17) is 4.52 Å². The molecule has 1 unspecified atom stereocenters. The number of hydrogen-bond acceptors (Lipinski definition) is 5. The summed E-state index contributed by atoms with van der Waals surface area (Å²) in [5, 5.41) is 13.2. The highest BCUT2D eigenvalue weighted by Gasteiger charge is 2.24. The lowest BCUT2D eigenvalue weighted by atomic mass is 9.98. The molecule has 0 saturated carbocycles. The van der Waals surface area contributed by atoms with Gasteiger partial charge in [-0.15, -0.1) is 0 Å². The fourth-order valence-corrected chi connectivity index (χ4v) is 2.79. The summed E-state index contributed by atoms with van der Waals surface area (Å²) < 4.78 is 4.98. The van der Waals surface area contributed by atoms with Crippen molar-refractivity contribution in [3.63, 3.8) is 0 Å². The van der Waals surface area contributed by atoms with Crippen LogP contribution in [0.1, 0.15) is 29.1 Å². The Labute approximate surface area is 128 Å². The summed E-state index contributed by atoms with van der Waals surface area (Å²) in [6, 6.07) is 7.26. The number of piperidine rings is 1. The molecule has 0 spiro atoms. The number of amides is 1. The molecule has 116 valence electrons. The lowest BCUT2D eigenvalue weighted by Gasteiger charge is -2.32. The molecule has 1 saturated heterocycles. The van der Waals surface area contributed by atoms with Gasteiger partial charge < -0.3 is 14.5 Å². The molecule has 1 amide bonds. The van der Waals surface area contributed by atoms with E-state index in [2.05, 4.69) is 10.1 Å². The third-order valence-electron chi connectivity index (χ3n) is 3.96. The molecule has 1 aliphatic rings. The van der Waals surface area contributed by atoms with Crippen molar-refractivity contribution in [1.82, 2.24) is 15.0 Å². The van der Waals surface area contributed by atoms with Crippen LogP contribution >= 0.6 is 0 Å². The highest BCUT2D eigenvalue weighted by molar-refractivity contribution is 5.95. The summed E-state index contributed by atoms with van der Waals surface area (Å²) in [6.07, 6.45) is 1.91. The van der Waals surface area contributed by atoms with E-state index in [1.807, 2.05) is 17.0 Å². The van der Waals surface area contributed by atoms with E-state index in [1.165, 1.54) is 0 Å². The molecule has 1 atom stereocenters. The van der Waals surface area contributed by atoms with Gasteiger partial charge in [-0.25, -0.2) is 0 Å². The van der Waals surface area contributed by atoms with E-state index in [0.29, 0.717) is 23.8 Å². The van der Waals surface area contributed by atoms with Crippen molar-refractivity contribution in [3.05, 3.63) is 35.7 Å². The van der Waals surface area contributed by atoms with Gasteiger partial charge in [0.2, 0.25) is 11.7 Å². The van der Waals surface area contributed by atoms with Gasteiger partial charge >= 0.3 is 0 Å². The Bertz CT molecular complexity index is 668. The summed E-state index contributed by atoms with van der Waals surface area (Å²) in [5.74, 6) is 1.15. The number of aromatic nitrogens is 2. The van der Waals surface area contributed by atoms with Crippen LogP contribution in [0.25, 0.3) is 11.4 Å². The van der Waals surface area contributed by atoms with E-state index in [9.17, 15) is 9.90 Å². The van der Waals surface area contributed by atoms with Crippen LogP contribution in [-0.4, -0.2) is 45.8 Å². The second kappa shape index (κ2) is 6.27. The van der Waals surface area contributed by atoms with Gasteiger partial charge in [0.15, 0.2) is 0 Å². The van der Waals surface area contributed by atoms with Crippen LogP contribution in [0.4, 0.5) is 0 Å². The van der Waals surface area contributed by atoms with Crippen molar-refractivity contribution in [2.75, 3.05) is 19.7 Å². The van der Waals surface area contributed by atoms with Crippen LogP contribution in [-0.2, 0) is 0 Å². The summed E-state index contributed by atoms with van der Waals surface area (Å²) in [5.41, 5.74) is 1.37. The highest BCUT2D eigenvalue weighted by atomic mass is 16.5. The molecule has 22 heavy (non-hydrogen) atoms. The molecule has 1 aromatic carbocycles. The molecule has 1 fully saturated rings. The molecular weight excluding hydrogens is 282 g/mol. The quantitative estimate of drug-likeness (QED) is 0.936. The van der Waals surface area contributed by atoms with E-state index >= 15 is 0 Å². The molecule has 1 aliphatic heterocycles. The molecule has 6 nitrogen and oxygen atoms in total. The lowest BCUT2D eigenvalue weighted by molar-refractivity contribution is 0.0621. The number of carbonyl (C=O) groups is 1. The second-order valence-electron chi connectivity index (χ2n) is 5.66. The number of carbonyl (C=O) groups excluding carboxylic acids is 1. The van der Waals surface area contributed by atoms with Gasteiger partial charge in [-0.3, -0.25) is 4.79 Å². The van der Waals surface area contributed by atoms with Gasteiger partial charge in [0, 0.05) is 37.7 Å². The smallest absolute Gasteiger partial charge is 0.253 e. The van der Waals surface area contributed by atoms with Crippen LogP contribution < -0.4 is 0 Å². The fraction of sp³-hybridized carbons (Fsp3) is 0.438. The van der Waals surface area contributed by atoms with Crippen molar-refractivity contribution in [3.8, 4) is 11.4 Å². The molecule has 3 rings (SSSR count). The summed E-state index contributed by atoms with van der Waals surface area (Å²) in [6.45, 7) is 3.21. The lowest BCUT2D eigenvalue weighted by Crippen LogP contribution is -2.40. The molecule has 0 radical (unpaired) electrons. The topological polar surface area (TPSA) is 79.5 Å². The number of nitrogens with zero attached hydrogens (tertiary/aromatic N) is 3. The zero-order valence-corrected chi connectivity index (χ0v) is 12.5. The van der Waals surface area contributed by atoms with Crippen molar-refractivity contribution in [2.24, 2.45) is 5.92 Å². The van der Waals surface area contributed by atoms with Crippen LogP contribution in [0.15, 0.2) is 28.8 Å². The Hall–Kier alpha value is -2.21. The van der Waals surface area contributed by atoms with Gasteiger partial charge in [-0.2, -0.15) is 4.98 Å². The molecule has 2 aromatic rings. The van der Waals surface area contributed by atoms with E-state index in [0.717, 1.165) is 24.9 Å². The van der Waals surface area contributed by atoms with Gasteiger partial charge in [-0.05, 0) is 30.9 Å². The van der Waals surface area contributed by atoms with Gasteiger partial charge in [0.1, 0.15) is 0 Å². The first-order valence-corrected chi connectivity index (χ1v) is 7.48. The number of benzene rings is 1. The van der Waals surface area contributed by atoms with E-state index in [-0.39, 0.29) is 18.4 Å². The zero-order chi connectivity index (χ0) is 15.5. The Morgan fingerprint density at radius 1 is 1.50 bits per heavy atom. The van der Waals surface area contributed by atoms with Crippen molar-refractivity contribution in [2.45, 2.75) is 19.8 Å². The molecular formula is C16H19N3O3. The molecule has 1 N–H and O–H groups in total. The van der Waals surface area contributed by atoms with Crippen LogP contribution in [0.5, 0.6) is 0 Å². The molecule has 1 aromatic heterocycles. The molecule has 0 aliphatic carbocycles. The fourth-order valence-electron chi connectivity index (χ4n) is 2.79. The molecule has 2 heterocycles. The first kappa shape index (κ1) is 14.7. The molecule has 0 bridgehead atoms. The van der Waals surface area contributed by atoms with Gasteiger partial charge in [-0.1, -0.05) is 17.3 Å². The minimum atomic E-state index is -0.0137. The number of hydrogen-bond donors (Lipinski definition) is 1. The highest BCUT2D eigenvalue weighted by Crippen LogP contribution is 2.21. The predicted octanol–water partition coefficient (Wildman–Crippen LogP) is 1.89. The Morgan fingerprint density at radius 2 is 2.36 bits per heavy atom. The maximum atomic E-state index is 12.6. The summed E-state index contributed by atoms with van der Waals surface area (Å²) >= 11 is 0. The third-order valence-corrected chi connectivity index (χ3v) is 3.96. The Kier molecular flexibility index (Phi) is 4.20. The Balaban J connectivity index is 1.81. The second-order valence-corrected chi connectivity index (χ2v) is 5.66. The average molecular weight is 301 g/mol. The van der Waals surface area contributed by atoms with Crippen LogP contribution in [0.2, 0.25) is 0 Å². The number of rotatable bonds is 3. The molecule has 6 heteroatoms. The summed E-state index contributed by atoms with van der Waals surface area (Å²) in [7, 11) is 0. The van der Waals surface area contributed by atoms with Crippen molar-refractivity contribution >= 4 is 5.91 Å². The largest absolute Gasteiger partial charge is 0.396 e. The minimum Gasteiger partial charge on any atom is -0.396 e. The van der Waals surface area contributed by atoms with E-state index in [1.54, 1.807) is 19.1 Å². The number of aryl methyl sites for hydroxylation is 1. The van der Waals surface area contributed by atoms with Crippen LogP contribution in [0, 0.1) is 12.8 Å².